The fourth-order valence-corrected chi connectivity index (χ4v) is 5.93. The van der Waals surface area contributed by atoms with Crippen LogP contribution in [-0.2, 0) is 0 Å². The summed E-state index contributed by atoms with van der Waals surface area (Å²) in [5.74, 6) is 0.467. The Labute approximate surface area is 217 Å². The number of hydrogen-bond donors (Lipinski definition) is 0. The van der Waals surface area contributed by atoms with Crippen molar-refractivity contribution < 1.29 is 0 Å². The summed E-state index contributed by atoms with van der Waals surface area (Å²) in [6, 6.07) is 47.1. The van der Waals surface area contributed by atoms with Gasteiger partial charge in [0.1, 0.15) is 0 Å². The second-order valence-electron chi connectivity index (χ2n) is 10.3. The van der Waals surface area contributed by atoms with Crippen molar-refractivity contribution >= 4 is 43.1 Å². The largest absolute Gasteiger partial charge is 0.0616 e. The molecule has 7 aromatic rings. The van der Waals surface area contributed by atoms with Gasteiger partial charge in [0.2, 0.25) is 0 Å². The molecule has 0 bridgehead atoms. The van der Waals surface area contributed by atoms with Crippen molar-refractivity contribution in [2.75, 3.05) is 0 Å². The lowest BCUT2D eigenvalue weighted by Gasteiger charge is -2.17. The van der Waals surface area contributed by atoms with Crippen molar-refractivity contribution in [3.05, 3.63) is 133 Å². The molecule has 0 nitrogen and oxygen atoms in total. The van der Waals surface area contributed by atoms with Crippen molar-refractivity contribution in [3.8, 4) is 22.3 Å². The average molecular weight is 473 g/mol. The number of fused-ring (bicyclic) bond motifs is 7. The molecule has 7 aromatic carbocycles. The van der Waals surface area contributed by atoms with Gasteiger partial charge in [0.05, 0.1) is 0 Å². The Hall–Kier alpha value is -4.42. The molecule has 7 rings (SSSR count). The minimum Gasteiger partial charge on any atom is -0.0616 e. The maximum atomic E-state index is 2.41. The van der Waals surface area contributed by atoms with Crippen molar-refractivity contribution in [3.63, 3.8) is 0 Å². The van der Waals surface area contributed by atoms with Crippen molar-refractivity contribution in [2.24, 2.45) is 0 Å². The quantitative estimate of drug-likeness (QED) is 0.224. The van der Waals surface area contributed by atoms with Crippen LogP contribution in [-0.4, -0.2) is 0 Å². The van der Waals surface area contributed by atoms with Crippen molar-refractivity contribution in [2.45, 2.75) is 19.8 Å². The van der Waals surface area contributed by atoms with Gasteiger partial charge >= 0.3 is 0 Å². The Morgan fingerprint density at radius 1 is 0.378 bits per heavy atom. The summed E-state index contributed by atoms with van der Waals surface area (Å²) < 4.78 is 0. The highest BCUT2D eigenvalue weighted by Crippen LogP contribution is 2.41. The van der Waals surface area contributed by atoms with Gasteiger partial charge in [-0.3, -0.25) is 0 Å². The molecule has 0 saturated heterocycles. The summed E-state index contributed by atoms with van der Waals surface area (Å²) in [5.41, 5.74) is 6.49. The summed E-state index contributed by atoms with van der Waals surface area (Å²) in [4.78, 5) is 0. The molecule has 0 aliphatic heterocycles. The highest BCUT2D eigenvalue weighted by atomic mass is 14.2. The number of rotatable bonds is 3. The van der Waals surface area contributed by atoms with Gasteiger partial charge in [0.25, 0.3) is 0 Å². The summed E-state index contributed by atoms with van der Waals surface area (Å²) >= 11 is 0. The van der Waals surface area contributed by atoms with Gasteiger partial charge in [0.15, 0.2) is 0 Å². The van der Waals surface area contributed by atoms with E-state index in [0.29, 0.717) is 5.92 Å². The molecule has 0 amide bonds. The topological polar surface area (TPSA) is 0 Å². The molecule has 0 fully saturated rings. The van der Waals surface area contributed by atoms with Gasteiger partial charge in [-0.25, -0.2) is 0 Å². The SMILES string of the molecule is CC(C)c1ccc(-c2ccc3c4ccccc4c4ccccc4c3c2)c(-c2cccc3ccccc23)c1. The summed E-state index contributed by atoms with van der Waals surface area (Å²) in [7, 11) is 0. The van der Waals surface area contributed by atoms with Crippen LogP contribution in [0.2, 0.25) is 0 Å². The fraction of sp³-hybridized carbons (Fsp3) is 0.0811. The number of hydrogen-bond acceptors (Lipinski definition) is 0. The lowest BCUT2D eigenvalue weighted by Crippen LogP contribution is -1.93. The first kappa shape index (κ1) is 21.8. The molecule has 0 aliphatic rings. The highest BCUT2D eigenvalue weighted by Gasteiger charge is 2.15. The minimum absolute atomic E-state index is 0.467. The molecule has 0 saturated carbocycles. The monoisotopic (exact) mass is 472 g/mol. The molecular weight excluding hydrogens is 444 g/mol. The smallest absolute Gasteiger partial charge is 0.00928 e. The van der Waals surface area contributed by atoms with Crippen molar-refractivity contribution in [1.82, 2.24) is 0 Å². The third-order valence-corrected chi connectivity index (χ3v) is 7.85. The molecule has 0 aromatic heterocycles. The van der Waals surface area contributed by atoms with E-state index in [-0.39, 0.29) is 0 Å². The molecule has 0 aliphatic carbocycles. The van der Waals surface area contributed by atoms with Crippen LogP contribution in [0.5, 0.6) is 0 Å². The van der Waals surface area contributed by atoms with E-state index in [0.717, 1.165) is 0 Å². The third kappa shape index (κ3) is 3.52. The molecule has 37 heavy (non-hydrogen) atoms. The van der Waals surface area contributed by atoms with Crippen LogP contribution in [0, 0.1) is 0 Å². The average Bonchev–Trinajstić information content (AvgIpc) is 2.96. The lowest BCUT2D eigenvalue weighted by molar-refractivity contribution is 0.867. The second kappa shape index (κ2) is 8.61. The van der Waals surface area contributed by atoms with Crippen LogP contribution in [0.25, 0.3) is 65.3 Å². The van der Waals surface area contributed by atoms with E-state index < -0.39 is 0 Å². The first-order valence-electron chi connectivity index (χ1n) is 13.1. The Bertz CT molecular complexity index is 1920. The van der Waals surface area contributed by atoms with E-state index in [1.165, 1.54) is 70.9 Å². The van der Waals surface area contributed by atoms with Gasteiger partial charge in [-0.15, -0.1) is 0 Å². The second-order valence-corrected chi connectivity index (χ2v) is 10.3. The zero-order valence-electron chi connectivity index (χ0n) is 21.2. The third-order valence-electron chi connectivity index (χ3n) is 7.85. The van der Waals surface area contributed by atoms with Crippen LogP contribution in [0.1, 0.15) is 25.3 Å². The molecule has 0 N–H and O–H groups in total. The van der Waals surface area contributed by atoms with Gasteiger partial charge in [0, 0.05) is 0 Å². The molecule has 0 spiro atoms. The first-order chi connectivity index (χ1) is 18.2. The summed E-state index contributed by atoms with van der Waals surface area (Å²) in [6.45, 7) is 4.55. The molecular formula is C37H28. The van der Waals surface area contributed by atoms with Crippen molar-refractivity contribution in [1.29, 1.82) is 0 Å². The van der Waals surface area contributed by atoms with Gasteiger partial charge < -0.3 is 0 Å². The van der Waals surface area contributed by atoms with Crippen LogP contribution >= 0.6 is 0 Å². The van der Waals surface area contributed by atoms with E-state index in [9.17, 15) is 0 Å². The van der Waals surface area contributed by atoms with E-state index in [4.69, 9.17) is 0 Å². The molecule has 0 heterocycles. The Balaban J connectivity index is 1.55. The van der Waals surface area contributed by atoms with E-state index in [1.54, 1.807) is 0 Å². The van der Waals surface area contributed by atoms with Crippen LogP contribution in [0.3, 0.4) is 0 Å². The van der Waals surface area contributed by atoms with E-state index in [2.05, 4.69) is 141 Å². The van der Waals surface area contributed by atoms with Crippen LogP contribution in [0.4, 0.5) is 0 Å². The van der Waals surface area contributed by atoms with Crippen LogP contribution in [0.15, 0.2) is 127 Å². The first-order valence-corrected chi connectivity index (χ1v) is 13.1. The van der Waals surface area contributed by atoms with E-state index >= 15 is 0 Å². The normalized spacial score (nSPS) is 11.8. The molecule has 0 heteroatoms. The maximum Gasteiger partial charge on any atom is -0.00928 e. The molecule has 176 valence electrons. The lowest BCUT2D eigenvalue weighted by atomic mass is 9.86. The zero-order valence-corrected chi connectivity index (χ0v) is 21.2. The van der Waals surface area contributed by atoms with E-state index in [1.807, 2.05) is 0 Å². The molecule has 0 atom stereocenters. The maximum absolute atomic E-state index is 2.41. The Kier molecular flexibility index (Phi) is 5.08. The zero-order chi connectivity index (χ0) is 24.9. The predicted molar refractivity (Wildman–Crippen MR) is 161 cm³/mol. The summed E-state index contributed by atoms with van der Waals surface area (Å²) in [6.07, 6.45) is 0. The van der Waals surface area contributed by atoms with Gasteiger partial charge in [-0.1, -0.05) is 135 Å². The fourth-order valence-electron chi connectivity index (χ4n) is 5.93. The molecule has 0 radical (unpaired) electrons. The standard InChI is InChI=1S/C37H28/c1-24(2)26-18-20-29(36(22-26)30-17-9-11-25-10-3-4-12-28(25)30)27-19-21-35-33-15-6-5-13-31(33)32-14-7-8-16-34(32)37(35)23-27/h3-24H,1-2H3. The van der Waals surface area contributed by atoms with Gasteiger partial charge in [-0.2, -0.15) is 0 Å². The van der Waals surface area contributed by atoms with Gasteiger partial charge in [-0.05, 0) is 82.9 Å². The minimum atomic E-state index is 0.467. The molecule has 0 unspecified atom stereocenters. The Morgan fingerprint density at radius 3 is 1.62 bits per heavy atom. The predicted octanol–water partition coefficient (Wildman–Crippen LogP) is 10.8. The highest BCUT2D eigenvalue weighted by molar-refractivity contribution is 6.25. The number of benzene rings is 7. The van der Waals surface area contributed by atoms with Crippen LogP contribution < -0.4 is 0 Å². The summed E-state index contributed by atoms with van der Waals surface area (Å²) in [5, 5.41) is 10.4. The Morgan fingerprint density at radius 2 is 0.946 bits per heavy atom.